The Kier molecular flexibility index (Phi) is 6.28. The number of carbonyl (C=O) groups excluding carboxylic acids is 1. The number of ketones is 1. The highest BCUT2D eigenvalue weighted by atomic mass is 19.1. The van der Waals surface area contributed by atoms with Crippen LogP contribution in [0, 0.1) is 23.0 Å². The van der Waals surface area contributed by atoms with Crippen LogP contribution in [0.3, 0.4) is 0 Å². The van der Waals surface area contributed by atoms with E-state index in [0.717, 1.165) is 19.0 Å². The Bertz CT molecular complexity index is 1170. The number of anilines is 1. The Labute approximate surface area is 192 Å². The number of benzene rings is 1. The molecular weight excluding hydrogens is 424 g/mol. The fourth-order valence-corrected chi connectivity index (χ4v) is 4.23. The Morgan fingerprint density at radius 2 is 1.85 bits per heavy atom. The third-order valence-electron chi connectivity index (χ3n) is 6.97. The van der Waals surface area contributed by atoms with E-state index >= 15 is 0 Å². The minimum Gasteiger partial charge on any atom is -0.354 e. The predicted molar refractivity (Wildman–Crippen MR) is 123 cm³/mol. The molecule has 1 fully saturated rings. The zero-order chi connectivity index (χ0) is 23.8. The van der Waals surface area contributed by atoms with Gasteiger partial charge in [0.05, 0.1) is 12.7 Å². The predicted octanol–water partition coefficient (Wildman–Crippen LogP) is 5.13. The van der Waals surface area contributed by atoms with Gasteiger partial charge in [-0.15, -0.1) is 0 Å². The maximum absolute atomic E-state index is 14.7. The van der Waals surface area contributed by atoms with Crippen molar-refractivity contribution in [2.24, 2.45) is 11.3 Å². The van der Waals surface area contributed by atoms with Crippen LogP contribution in [0.4, 0.5) is 14.6 Å². The molecule has 3 heterocycles. The van der Waals surface area contributed by atoms with Crippen LogP contribution in [0.25, 0.3) is 11.5 Å². The first-order chi connectivity index (χ1) is 15.7. The highest BCUT2D eigenvalue weighted by Crippen LogP contribution is 2.39. The van der Waals surface area contributed by atoms with Gasteiger partial charge in [-0.2, -0.15) is 5.10 Å². The van der Waals surface area contributed by atoms with Crippen LogP contribution in [0.2, 0.25) is 0 Å². The number of Topliss-reactive ketones (excluding diaryl/α,β-unsaturated/α-hetero) is 1. The molecule has 174 valence electrons. The Hall–Kier alpha value is -3.16. The average Bonchev–Trinajstić information content (AvgIpc) is 3.20. The zero-order valence-corrected chi connectivity index (χ0v) is 19.5. The van der Waals surface area contributed by atoms with E-state index in [1.807, 2.05) is 4.90 Å². The van der Waals surface area contributed by atoms with Gasteiger partial charge in [-0.3, -0.25) is 9.48 Å². The zero-order valence-electron chi connectivity index (χ0n) is 19.5. The normalized spacial score (nSPS) is 15.8. The maximum atomic E-state index is 14.7. The monoisotopic (exact) mass is 453 g/mol. The van der Waals surface area contributed by atoms with Gasteiger partial charge in [0.2, 0.25) is 0 Å². The lowest BCUT2D eigenvalue weighted by Gasteiger charge is -2.42. The van der Waals surface area contributed by atoms with E-state index in [2.05, 4.69) is 35.8 Å². The second-order valence-electron chi connectivity index (χ2n) is 9.38. The number of hydrogen-bond donors (Lipinski definition) is 0. The Morgan fingerprint density at radius 3 is 2.48 bits per heavy atom. The molecule has 33 heavy (non-hydrogen) atoms. The third kappa shape index (κ3) is 4.65. The van der Waals surface area contributed by atoms with E-state index in [-0.39, 0.29) is 35.2 Å². The van der Waals surface area contributed by atoms with E-state index in [1.54, 1.807) is 24.3 Å². The third-order valence-corrected chi connectivity index (χ3v) is 6.97. The first-order valence-corrected chi connectivity index (χ1v) is 11.3. The van der Waals surface area contributed by atoms with Crippen LogP contribution in [-0.4, -0.2) is 38.6 Å². The summed E-state index contributed by atoms with van der Waals surface area (Å²) in [6, 6.07) is 7.93. The van der Waals surface area contributed by atoms with Crippen LogP contribution in [-0.2, 0) is 6.54 Å². The highest BCUT2D eigenvalue weighted by Gasteiger charge is 2.34. The molecule has 1 aliphatic rings. The van der Waals surface area contributed by atoms with Crippen molar-refractivity contribution < 1.29 is 13.6 Å². The molecule has 0 unspecified atom stereocenters. The molecule has 0 amide bonds. The molecular formula is C25H29F2N5O. The fraction of sp³-hybridized carbons (Fsp3) is 0.440. The molecule has 3 aromatic rings. The summed E-state index contributed by atoms with van der Waals surface area (Å²) in [5.41, 5.74) is 1.30. The van der Waals surface area contributed by atoms with Gasteiger partial charge in [-0.05, 0) is 36.3 Å². The number of halogens is 2. The number of hydrogen-bond acceptors (Lipinski definition) is 5. The highest BCUT2D eigenvalue weighted by molar-refractivity contribution is 5.93. The molecule has 2 aromatic heterocycles. The van der Waals surface area contributed by atoms with Crippen LogP contribution < -0.4 is 4.90 Å². The fourth-order valence-electron chi connectivity index (χ4n) is 4.23. The van der Waals surface area contributed by atoms with E-state index in [1.165, 1.54) is 17.7 Å². The van der Waals surface area contributed by atoms with Gasteiger partial charge < -0.3 is 4.90 Å². The molecule has 6 nitrogen and oxygen atoms in total. The molecule has 0 radical (unpaired) electrons. The van der Waals surface area contributed by atoms with Crippen LogP contribution in [0.15, 0.2) is 36.5 Å². The summed E-state index contributed by atoms with van der Waals surface area (Å²) in [5.74, 6) is -0.0325. The molecule has 4 rings (SSSR count). The van der Waals surface area contributed by atoms with Gasteiger partial charge in [0.1, 0.15) is 17.2 Å². The van der Waals surface area contributed by atoms with E-state index in [9.17, 15) is 13.6 Å². The summed E-state index contributed by atoms with van der Waals surface area (Å²) in [7, 11) is 0. The van der Waals surface area contributed by atoms with Gasteiger partial charge in [-0.1, -0.05) is 39.0 Å². The van der Waals surface area contributed by atoms with Crippen LogP contribution in [0.5, 0.6) is 0 Å². The second kappa shape index (κ2) is 9.00. The summed E-state index contributed by atoms with van der Waals surface area (Å²) in [6.45, 7) is 9.67. The van der Waals surface area contributed by atoms with Gasteiger partial charge >= 0.3 is 0 Å². The summed E-state index contributed by atoms with van der Waals surface area (Å²) in [6.07, 6.45) is 3.06. The first kappa shape index (κ1) is 23.0. The Balaban J connectivity index is 1.64. The molecule has 1 aromatic carbocycles. The number of aromatic nitrogens is 4. The molecule has 0 spiro atoms. The lowest BCUT2D eigenvalue weighted by molar-refractivity contribution is 0.100. The first-order valence-electron chi connectivity index (χ1n) is 11.3. The summed E-state index contributed by atoms with van der Waals surface area (Å²) < 4.78 is 30.3. The molecule has 0 atom stereocenters. The summed E-state index contributed by atoms with van der Waals surface area (Å²) in [5, 5.41) is 4.46. The van der Waals surface area contributed by atoms with E-state index in [0.29, 0.717) is 36.0 Å². The van der Waals surface area contributed by atoms with Crippen LogP contribution >= 0.6 is 0 Å². The minimum absolute atomic E-state index is 0.0928. The van der Waals surface area contributed by atoms with Gasteiger partial charge in [-0.25, -0.2) is 18.7 Å². The summed E-state index contributed by atoms with van der Waals surface area (Å²) in [4.78, 5) is 22.8. The van der Waals surface area contributed by atoms with Crippen molar-refractivity contribution in [2.75, 3.05) is 18.0 Å². The Morgan fingerprint density at radius 1 is 1.15 bits per heavy atom. The minimum atomic E-state index is -0.482. The van der Waals surface area contributed by atoms with Crippen molar-refractivity contribution in [1.29, 1.82) is 0 Å². The standard InChI is InChI=1S/C25H29F2N5O/c1-16(2)25(4)9-11-31(12-10-25)24-20(27)14-28-23(29-24)21-13-22(17(3)33)32(30-21)15-18-7-5-6-8-19(18)26/h5-8,13-14,16H,9-12,15H2,1-4H3. The van der Waals surface area contributed by atoms with Crippen LogP contribution in [0.1, 0.15) is 56.6 Å². The number of nitrogens with zero attached hydrogens (tertiary/aromatic N) is 5. The molecule has 0 N–H and O–H groups in total. The van der Waals surface area contributed by atoms with Gasteiger partial charge in [0.25, 0.3) is 0 Å². The van der Waals surface area contributed by atoms with Crippen molar-refractivity contribution in [3.8, 4) is 11.5 Å². The second-order valence-corrected chi connectivity index (χ2v) is 9.38. The van der Waals surface area contributed by atoms with Crippen molar-refractivity contribution in [3.05, 3.63) is 59.4 Å². The molecule has 8 heteroatoms. The average molecular weight is 454 g/mol. The van der Waals surface area contributed by atoms with E-state index in [4.69, 9.17) is 0 Å². The molecule has 0 bridgehead atoms. The lowest BCUT2D eigenvalue weighted by atomic mass is 9.72. The lowest BCUT2D eigenvalue weighted by Crippen LogP contribution is -2.41. The topological polar surface area (TPSA) is 63.9 Å². The molecule has 1 aliphatic heterocycles. The largest absolute Gasteiger partial charge is 0.354 e. The maximum Gasteiger partial charge on any atom is 0.183 e. The van der Waals surface area contributed by atoms with Crippen molar-refractivity contribution in [3.63, 3.8) is 0 Å². The number of carbonyl (C=O) groups is 1. The van der Waals surface area contributed by atoms with Gasteiger partial charge in [0.15, 0.2) is 23.2 Å². The molecule has 0 saturated carbocycles. The van der Waals surface area contributed by atoms with E-state index < -0.39 is 5.82 Å². The SMILES string of the molecule is CC(=O)c1cc(-c2ncc(F)c(N3CCC(C)(C(C)C)CC3)n2)nn1Cc1ccccc1F. The number of rotatable bonds is 6. The molecule has 0 aliphatic carbocycles. The van der Waals surface area contributed by atoms with Crippen molar-refractivity contribution in [1.82, 2.24) is 19.7 Å². The van der Waals surface area contributed by atoms with Gasteiger partial charge in [0, 0.05) is 25.6 Å². The van der Waals surface area contributed by atoms with Crippen molar-refractivity contribution in [2.45, 2.75) is 47.1 Å². The quantitative estimate of drug-likeness (QED) is 0.484. The van der Waals surface area contributed by atoms with Crippen molar-refractivity contribution >= 4 is 11.6 Å². The smallest absolute Gasteiger partial charge is 0.183 e. The number of piperidine rings is 1. The molecule has 1 saturated heterocycles. The summed E-state index contributed by atoms with van der Waals surface area (Å²) >= 11 is 0.